The van der Waals surface area contributed by atoms with E-state index in [0.717, 1.165) is 46.2 Å². The summed E-state index contributed by atoms with van der Waals surface area (Å²) < 4.78 is 0. The molecule has 0 saturated heterocycles. The molecule has 0 saturated carbocycles. The van der Waals surface area contributed by atoms with E-state index in [-0.39, 0.29) is 0 Å². The van der Waals surface area contributed by atoms with Crippen molar-refractivity contribution in [1.82, 2.24) is 15.0 Å². The molecule has 1 N–H and O–H groups in total. The highest BCUT2D eigenvalue weighted by atomic mass is 32.1. The largest absolute Gasteiger partial charge is 0.369 e. The molecule has 0 aliphatic carbocycles. The quantitative estimate of drug-likeness (QED) is 0.768. The zero-order valence-corrected chi connectivity index (χ0v) is 13.9. The van der Waals surface area contributed by atoms with Crippen LogP contribution in [-0.4, -0.2) is 21.5 Å². The van der Waals surface area contributed by atoms with Crippen LogP contribution in [0.4, 0.5) is 5.82 Å². The Labute approximate surface area is 134 Å². The normalized spacial score (nSPS) is 11.3. The second-order valence-electron chi connectivity index (χ2n) is 5.66. The summed E-state index contributed by atoms with van der Waals surface area (Å²) in [7, 11) is 0. The van der Waals surface area contributed by atoms with Crippen LogP contribution in [0.3, 0.4) is 0 Å². The van der Waals surface area contributed by atoms with Crippen molar-refractivity contribution in [3.63, 3.8) is 0 Å². The number of para-hydroxylation sites is 1. The highest BCUT2D eigenvalue weighted by Crippen LogP contribution is 2.23. The van der Waals surface area contributed by atoms with Gasteiger partial charge >= 0.3 is 0 Å². The Balaban J connectivity index is 1.82. The Morgan fingerprint density at radius 2 is 1.95 bits per heavy atom. The predicted molar refractivity (Wildman–Crippen MR) is 92.7 cm³/mol. The fraction of sp³-hybridized carbons (Fsp3) is 0.353. The standard InChI is InChI=1S/C17H20N4S/c1-11(2)16-20-14-7-5-4-6-13(14)17(21-16)18-9-8-15-19-12(3)10-22-15/h4-7,10-11H,8-9H2,1-3H3,(H,18,20,21). The number of benzene rings is 1. The Kier molecular flexibility index (Phi) is 4.34. The van der Waals surface area contributed by atoms with Crippen LogP contribution in [0.2, 0.25) is 0 Å². The van der Waals surface area contributed by atoms with Crippen molar-refractivity contribution in [2.24, 2.45) is 0 Å². The van der Waals surface area contributed by atoms with E-state index < -0.39 is 0 Å². The molecule has 1 aromatic carbocycles. The minimum absolute atomic E-state index is 0.312. The molecule has 3 aromatic rings. The predicted octanol–water partition coefficient (Wildman–Crippen LogP) is 4.17. The average Bonchev–Trinajstić information content (AvgIpc) is 2.92. The molecule has 2 heterocycles. The summed E-state index contributed by atoms with van der Waals surface area (Å²) in [4.78, 5) is 13.8. The van der Waals surface area contributed by atoms with Crippen molar-refractivity contribution < 1.29 is 0 Å². The van der Waals surface area contributed by atoms with Gasteiger partial charge in [0.15, 0.2) is 0 Å². The van der Waals surface area contributed by atoms with Crippen molar-refractivity contribution in [1.29, 1.82) is 0 Å². The zero-order valence-electron chi connectivity index (χ0n) is 13.1. The number of fused-ring (bicyclic) bond motifs is 1. The molecule has 0 amide bonds. The Morgan fingerprint density at radius 1 is 1.14 bits per heavy atom. The number of aryl methyl sites for hydroxylation is 1. The highest BCUT2D eigenvalue weighted by Gasteiger charge is 2.10. The van der Waals surface area contributed by atoms with Crippen molar-refractivity contribution in [3.05, 3.63) is 46.2 Å². The Hall–Kier alpha value is -2.01. The van der Waals surface area contributed by atoms with Gasteiger partial charge in [0, 0.05) is 35.3 Å². The lowest BCUT2D eigenvalue weighted by molar-refractivity contribution is 0.782. The van der Waals surface area contributed by atoms with Crippen molar-refractivity contribution in [3.8, 4) is 0 Å². The molecule has 114 valence electrons. The fourth-order valence-electron chi connectivity index (χ4n) is 2.29. The summed E-state index contributed by atoms with van der Waals surface area (Å²) in [6.07, 6.45) is 0.911. The molecule has 0 unspecified atom stereocenters. The third kappa shape index (κ3) is 3.25. The van der Waals surface area contributed by atoms with E-state index in [9.17, 15) is 0 Å². The third-order valence-electron chi connectivity index (χ3n) is 3.43. The first-order valence-electron chi connectivity index (χ1n) is 7.55. The summed E-state index contributed by atoms with van der Waals surface area (Å²) in [6, 6.07) is 8.14. The molecule has 0 atom stereocenters. The molecule has 0 radical (unpaired) electrons. The molecule has 2 aromatic heterocycles. The lowest BCUT2D eigenvalue weighted by Crippen LogP contribution is -2.09. The van der Waals surface area contributed by atoms with Crippen LogP contribution in [0.15, 0.2) is 29.6 Å². The van der Waals surface area contributed by atoms with Gasteiger partial charge in [0.05, 0.1) is 10.5 Å². The lowest BCUT2D eigenvalue weighted by Gasteiger charge is -2.12. The van der Waals surface area contributed by atoms with Gasteiger partial charge in [-0.2, -0.15) is 0 Å². The van der Waals surface area contributed by atoms with E-state index in [2.05, 4.69) is 40.6 Å². The van der Waals surface area contributed by atoms with Gasteiger partial charge in [0.1, 0.15) is 11.6 Å². The van der Waals surface area contributed by atoms with Gasteiger partial charge in [-0.25, -0.2) is 15.0 Å². The summed E-state index contributed by atoms with van der Waals surface area (Å²) in [5.74, 6) is 2.11. The zero-order chi connectivity index (χ0) is 15.5. The monoisotopic (exact) mass is 312 g/mol. The van der Waals surface area contributed by atoms with E-state index >= 15 is 0 Å². The summed E-state index contributed by atoms with van der Waals surface area (Å²) in [5.41, 5.74) is 2.09. The third-order valence-corrected chi connectivity index (χ3v) is 4.46. The van der Waals surface area contributed by atoms with E-state index in [4.69, 9.17) is 4.98 Å². The molecule has 0 aliphatic heterocycles. The van der Waals surface area contributed by atoms with E-state index in [1.807, 2.05) is 25.1 Å². The van der Waals surface area contributed by atoms with Crippen LogP contribution in [0.5, 0.6) is 0 Å². The van der Waals surface area contributed by atoms with E-state index in [1.54, 1.807) is 11.3 Å². The van der Waals surface area contributed by atoms with Gasteiger partial charge in [-0.15, -0.1) is 11.3 Å². The van der Waals surface area contributed by atoms with Gasteiger partial charge in [-0.05, 0) is 19.1 Å². The van der Waals surface area contributed by atoms with Gasteiger partial charge in [-0.1, -0.05) is 26.0 Å². The van der Waals surface area contributed by atoms with E-state index in [1.165, 1.54) is 0 Å². The molecule has 0 bridgehead atoms. The van der Waals surface area contributed by atoms with Crippen LogP contribution < -0.4 is 5.32 Å². The number of aromatic nitrogens is 3. The number of anilines is 1. The summed E-state index contributed by atoms with van der Waals surface area (Å²) in [6.45, 7) is 7.09. The molecule has 4 nitrogen and oxygen atoms in total. The van der Waals surface area contributed by atoms with Gasteiger partial charge < -0.3 is 5.32 Å². The second kappa shape index (κ2) is 6.40. The maximum Gasteiger partial charge on any atom is 0.137 e. The summed E-state index contributed by atoms with van der Waals surface area (Å²) >= 11 is 1.71. The van der Waals surface area contributed by atoms with Gasteiger partial charge in [0.2, 0.25) is 0 Å². The average molecular weight is 312 g/mol. The number of nitrogens with zero attached hydrogens (tertiary/aromatic N) is 3. The number of nitrogens with one attached hydrogen (secondary N) is 1. The molecule has 5 heteroatoms. The number of hydrogen-bond acceptors (Lipinski definition) is 5. The molecule has 0 fully saturated rings. The fourth-order valence-corrected chi connectivity index (χ4v) is 3.07. The van der Waals surface area contributed by atoms with Gasteiger partial charge in [-0.3, -0.25) is 0 Å². The van der Waals surface area contributed by atoms with E-state index in [0.29, 0.717) is 5.92 Å². The second-order valence-corrected chi connectivity index (χ2v) is 6.60. The molecular formula is C17H20N4S. The minimum Gasteiger partial charge on any atom is -0.369 e. The van der Waals surface area contributed by atoms with Crippen molar-refractivity contribution in [2.45, 2.75) is 33.1 Å². The molecule has 0 spiro atoms. The Bertz CT molecular complexity index is 779. The van der Waals surface area contributed by atoms with Gasteiger partial charge in [0.25, 0.3) is 0 Å². The maximum atomic E-state index is 4.70. The van der Waals surface area contributed by atoms with Crippen LogP contribution in [0, 0.1) is 6.92 Å². The first-order valence-corrected chi connectivity index (χ1v) is 8.43. The lowest BCUT2D eigenvalue weighted by atomic mass is 10.1. The molecule has 0 aliphatic rings. The molecular weight excluding hydrogens is 292 g/mol. The van der Waals surface area contributed by atoms with Crippen LogP contribution in [0.25, 0.3) is 10.9 Å². The van der Waals surface area contributed by atoms with Crippen LogP contribution >= 0.6 is 11.3 Å². The first-order chi connectivity index (χ1) is 10.6. The van der Waals surface area contributed by atoms with Crippen LogP contribution in [0.1, 0.15) is 36.3 Å². The number of thiazole rings is 1. The maximum absolute atomic E-state index is 4.70. The minimum atomic E-state index is 0.312. The molecule has 3 rings (SSSR count). The SMILES string of the molecule is Cc1csc(CCNc2nc(C(C)C)nc3ccccc23)n1. The number of hydrogen-bond donors (Lipinski definition) is 1. The Morgan fingerprint density at radius 3 is 2.68 bits per heavy atom. The smallest absolute Gasteiger partial charge is 0.137 e. The van der Waals surface area contributed by atoms with Crippen molar-refractivity contribution in [2.75, 3.05) is 11.9 Å². The first kappa shape index (κ1) is 14.9. The van der Waals surface area contributed by atoms with Crippen molar-refractivity contribution >= 4 is 28.1 Å². The van der Waals surface area contributed by atoms with Crippen LogP contribution in [-0.2, 0) is 6.42 Å². The topological polar surface area (TPSA) is 50.7 Å². The summed E-state index contributed by atoms with van der Waals surface area (Å²) in [5, 5.41) is 7.78. The highest BCUT2D eigenvalue weighted by molar-refractivity contribution is 7.09. The number of rotatable bonds is 5. The molecule has 22 heavy (non-hydrogen) atoms.